The van der Waals surface area contributed by atoms with Gasteiger partial charge in [0.05, 0.1) is 23.3 Å². The van der Waals surface area contributed by atoms with Crippen LogP contribution in [0.5, 0.6) is 0 Å². The fourth-order valence-electron chi connectivity index (χ4n) is 3.11. The SMILES string of the molecule is COC(=O)c1cc(S(=O)(=O)N2c3ccccc3CC2C)ccc1C. The van der Waals surface area contributed by atoms with Crippen molar-refractivity contribution in [3.8, 4) is 0 Å². The van der Waals surface area contributed by atoms with E-state index in [0.717, 1.165) is 5.56 Å². The molecule has 0 N–H and O–H groups in total. The first-order valence-electron chi connectivity index (χ1n) is 7.67. The maximum atomic E-state index is 13.2. The van der Waals surface area contributed by atoms with Crippen LogP contribution in [-0.2, 0) is 21.2 Å². The molecule has 5 nitrogen and oxygen atoms in total. The lowest BCUT2D eigenvalue weighted by Crippen LogP contribution is -2.35. The molecule has 0 aliphatic carbocycles. The van der Waals surface area contributed by atoms with Crippen LogP contribution < -0.4 is 4.31 Å². The molecule has 2 aromatic carbocycles. The van der Waals surface area contributed by atoms with Crippen molar-refractivity contribution < 1.29 is 17.9 Å². The average molecular weight is 345 g/mol. The topological polar surface area (TPSA) is 63.7 Å². The highest BCUT2D eigenvalue weighted by molar-refractivity contribution is 7.92. The fourth-order valence-corrected chi connectivity index (χ4v) is 4.83. The zero-order valence-corrected chi connectivity index (χ0v) is 14.6. The summed E-state index contributed by atoms with van der Waals surface area (Å²) < 4.78 is 32.5. The van der Waals surface area contributed by atoms with Crippen molar-refractivity contribution in [1.82, 2.24) is 0 Å². The van der Waals surface area contributed by atoms with E-state index in [1.54, 1.807) is 13.0 Å². The maximum absolute atomic E-state index is 13.2. The number of methoxy groups -OCH3 is 1. The van der Waals surface area contributed by atoms with Gasteiger partial charge < -0.3 is 4.74 Å². The summed E-state index contributed by atoms with van der Waals surface area (Å²) in [7, 11) is -2.48. The van der Waals surface area contributed by atoms with E-state index in [9.17, 15) is 13.2 Å². The molecule has 1 atom stereocenters. The third-order valence-electron chi connectivity index (χ3n) is 4.32. The van der Waals surface area contributed by atoms with E-state index in [-0.39, 0.29) is 16.5 Å². The number of carbonyl (C=O) groups is 1. The van der Waals surface area contributed by atoms with E-state index >= 15 is 0 Å². The van der Waals surface area contributed by atoms with Gasteiger partial charge >= 0.3 is 5.97 Å². The average Bonchev–Trinajstić information content (AvgIpc) is 2.90. The number of aryl methyl sites for hydroxylation is 1. The van der Waals surface area contributed by atoms with Crippen LogP contribution in [0.15, 0.2) is 47.4 Å². The third-order valence-corrected chi connectivity index (χ3v) is 6.24. The molecule has 1 heterocycles. The van der Waals surface area contributed by atoms with Crippen LogP contribution in [-0.4, -0.2) is 27.5 Å². The first-order valence-corrected chi connectivity index (χ1v) is 9.11. The fraction of sp³-hybridized carbons (Fsp3) is 0.278. The minimum Gasteiger partial charge on any atom is -0.465 e. The Morgan fingerprint density at radius 2 is 1.92 bits per heavy atom. The summed E-state index contributed by atoms with van der Waals surface area (Å²) in [5.74, 6) is -0.542. The van der Waals surface area contributed by atoms with Gasteiger partial charge in [-0.2, -0.15) is 0 Å². The van der Waals surface area contributed by atoms with Crippen LogP contribution in [0.25, 0.3) is 0 Å². The van der Waals surface area contributed by atoms with Gasteiger partial charge in [-0.3, -0.25) is 4.31 Å². The molecule has 0 radical (unpaired) electrons. The molecule has 6 heteroatoms. The Balaban J connectivity index is 2.11. The van der Waals surface area contributed by atoms with Crippen LogP contribution in [0.4, 0.5) is 5.69 Å². The largest absolute Gasteiger partial charge is 0.465 e. The second-order valence-corrected chi connectivity index (χ2v) is 7.77. The number of para-hydroxylation sites is 1. The third kappa shape index (κ3) is 2.57. The van der Waals surface area contributed by atoms with Crippen LogP contribution in [0.1, 0.15) is 28.4 Å². The highest BCUT2D eigenvalue weighted by Gasteiger charge is 2.36. The Hall–Kier alpha value is -2.34. The summed E-state index contributed by atoms with van der Waals surface area (Å²) in [4.78, 5) is 12.0. The number of anilines is 1. The Kier molecular flexibility index (Phi) is 4.09. The standard InChI is InChI=1S/C18H19NO4S/c1-12-8-9-15(11-16(12)18(20)23-3)24(21,22)19-13(2)10-14-6-4-5-7-17(14)19/h4-9,11,13H,10H2,1-3H3. The highest BCUT2D eigenvalue weighted by atomic mass is 32.2. The van der Waals surface area contributed by atoms with Crippen molar-refractivity contribution in [3.63, 3.8) is 0 Å². The second-order valence-electron chi connectivity index (χ2n) is 5.95. The summed E-state index contributed by atoms with van der Waals surface area (Å²) in [5.41, 5.74) is 2.65. The highest BCUT2D eigenvalue weighted by Crippen LogP contribution is 2.36. The number of hydrogen-bond donors (Lipinski definition) is 0. The molecular formula is C18H19NO4S. The predicted octanol–water partition coefficient (Wildman–Crippen LogP) is 2.92. The van der Waals surface area contributed by atoms with Gasteiger partial charge in [-0.15, -0.1) is 0 Å². The summed E-state index contributed by atoms with van der Waals surface area (Å²) in [6.07, 6.45) is 0.672. The molecule has 1 unspecified atom stereocenters. The van der Waals surface area contributed by atoms with Gasteiger partial charge in [0.2, 0.25) is 0 Å². The number of sulfonamides is 1. The van der Waals surface area contributed by atoms with Gasteiger partial charge in [-0.05, 0) is 49.6 Å². The Morgan fingerprint density at radius 3 is 2.62 bits per heavy atom. The molecule has 2 aromatic rings. The normalized spacial score (nSPS) is 16.8. The number of ether oxygens (including phenoxy) is 1. The zero-order valence-electron chi connectivity index (χ0n) is 13.8. The molecule has 0 saturated carbocycles. The molecule has 0 amide bonds. The van der Waals surface area contributed by atoms with Gasteiger partial charge in [0.25, 0.3) is 10.0 Å². The van der Waals surface area contributed by atoms with E-state index in [4.69, 9.17) is 4.74 Å². The number of benzene rings is 2. The zero-order chi connectivity index (χ0) is 17.5. The molecular weight excluding hydrogens is 326 g/mol. The smallest absolute Gasteiger partial charge is 0.338 e. The Bertz CT molecular complexity index is 905. The van der Waals surface area contributed by atoms with Crippen molar-refractivity contribution in [1.29, 1.82) is 0 Å². The number of rotatable bonds is 3. The van der Waals surface area contributed by atoms with Crippen molar-refractivity contribution >= 4 is 21.7 Å². The van der Waals surface area contributed by atoms with E-state index in [2.05, 4.69) is 0 Å². The molecule has 3 rings (SSSR count). The predicted molar refractivity (Wildman–Crippen MR) is 91.8 cm³/mol. The van der Waals surface area contributed by atoms with Crippen LogP contribution >= 0.6 is 0 Å². The molecule has 1 aliphatic heterocycles. The van der Waals surface area contributed by atoms with Gasteiger partial charge in [0.1, 0.15) is 0 Å². The number of hydrogen-bond acceptors (Lipinski definition) is 4. The number of fused-ring (bicyclic) bond motifs is 1. The number of nitrogens with zero attached hydrogens (tertiary/aromatic N) is 1. The number of esters is 1. The molecule has 0 fully saturated rings. The first kappa shape index (κ1) is 16.5. The molecule has 0 bridgehead atoms. The second kappa shape index (κ2) is 5.94. The number of carbonyl (C=O) groups excluding carboxylic acids is 1. The van der Waals surface area contributed by atoms with Gasteiger partial charge in [0, 0.05) is 6.04 Å². The van der Waals surface area contributed by atoms with Crippen LogP contribution in [0.2, 0.25) is 0 Å². The molecule has 0 spiro atoms. The summed E-state index contributed by atoms with van der Waals surface area (Å²) in [5, 5.41) is 0. The van der Waals surface area contributed by atoms with E-state index in [1.165, 1.54) is 23.5 Å². The molecule has 0 aromatic heterocycles. The van der Waals surface area contributed by atoms with E-state index < -0.39 is 16.0 Å². The monoisotopic (exact) mass is 345 g/mol. The van der Waals surface area contributed by atoms with Gasteiger partial charge in [-0.1, -0.05) is 24.3 Å². The maximum Gasteiger partial charge on any atom is 0.338 e. The summed E-state index contributed by atoms with van der Waals surface area (Å²) in [6, 6.07) is 11.9. The Labute approximate surface area is 141 Å². The van der Waals surface area contributed by atoms with Gasteiger partial charge in [0.15, 0.2) is 0 Å². The van der Waals surface area contributed by atoms with Crippen molar-refractivity contribution in [2.45, 2.75) is 31.2 Å². The van der Waals surface area contributed by atoms with Crippen LogP contribution in [0.3, 0.4) is 0 Å². The lowest BCUT2D eigenvalue weighted by molar-refractivity contribution is 0.0599. The molecule has 0 saturated heterocycles. The van der Waals surface area contributed by atoms with E-state index in [1.807, 2.05) is 31.2 Å². The first-order chi connectivity index (χ1) is 11.4. The van der Waals surface area contributed by atoms with Gasteiger partial charge in [-0.25, -0.2) is 13.2 Å². The summed E-state index contributed by atoms with van der Waals surface area (Å²) in [6.45, 7) is 3.63. The lowest BCUT2D eigenvalue weighted by Gasteiger charge is -2.24. The Morgan fingerprint density at radius 1 is 1.21 bits per heavy atom. The van der Waals surface area contributed by atoms with Crippen molar-refractivity contribution in [2.24, 2.45) is 0 Å². The summed E-state index contributed by atoms with van der Waals surface area (Å²) >= 11 is 0. The quantitative estimate of drug-likeness (QED) is 0.803. The van der Waals surface area contributed by atoms with Crippen molar-refractivity contribution in [3.05, 3.63) is 59.2 Å². The van der Waals surface area contributed by atoms with Crippen LogP contribution in [0, 0.1) is 6.92 Å². The van der Waals surface area contributed by atoms with E-state index in [0.29, 0.717) is 17.7 Å². The minimum atomic E-state index is -3.76. The minimum absolute atomic E-state index is 0.0945. The molecule has 24 heavy (non-hydrogen) atoms. The molecule has 126 valence electrons. The lowest BCUT2D eigenvalue weighted by atomic mass is 10.1. The van der Waals surface area contributed by atoms with Crippen molar-refractivity contribution in [2.75, 3.05) is 11.4 Å². The molecule has 1 aliphatic rings.